The zero-order valence-electron chi connectivity index (χ0n) is 13.6. The predicted molar refractivity (Wildman–Crippen MR) is 85.0 cm³/mol. The summed E-state index contributed by atoms with van der Waals surface area (Å²) in [5.41, 5.74) is 0.737. The van der Waals surface area contributed by atoms with Crippen LogP contribution in [-0.4, -0.2) is 77.2 Å². The van der Waals surface area contributed by atoms with Gasteiger partial charge in [-0.1, -0.05) is 0 Å². The Hall–Kier alpha value is -2.44. The Morgan fingerprint density at radius 3 is 2.43 bits per heavy atom. The second-order valence-corrected chi connectivity index (χ2v) is 5.34. The molecule has 0 spiro atoms. The molecular formula is C16H22N4O3. The maximum absolute atomic E-state index is 12.5. The number of hydrogen-bond donors (Lipinski definition) is 0. The summed E-state index contributed by atoms with van der Waals surface area (Å²) in [6.45, 7) is 7.08. The number of rotatable bonds is 5. The normalized spacial score (nSPS) is 14.5. The Bertz CT molecular complexity index is 578. The van der Waals surface area contributed by atoms with Crippen molar-refractivity contribution < 1.29 is 14.4 Å². The Labute approximate surface area is 135 Å². The first kappa shape index (κ1) is 16.9. The van der Waals surface area contributed by atoms with E-state index in [0.717, 1.165) is 6.41 Å². The quantitative estimate of drug-likeness (QED) is 0.740. The Morgan fingerprint density at radius 1 is 1.22 bits per heavy atom. The third-order valence-corrected chi connectivity index (χ3v) is 4.03. The van der Waals surface area contributed by atoms with Crippen molar-refractivity contribution in [3.8, 4) is 0 Å². The molecule has 0 aromatic carbocycles. The molecule has 0 saturated carbocycles. The zero-order valence-corrected chi connectivity index (χ0v) is 13.6. The van der Waals surface area contributed by atoms with Crippen LogP contribution in [0, 0.1) is 0 Å². The van der Waals surface area contributed by atoms with Crippen LogP contribution in [0.15, 0.2) is 18.3 Å². The minimum absolute atomic E-state index is 0.0998. The van der Waals surface area contributed by atoms with Gasteiger partial charge in [0.15, 0.2) is 0 Å². The van der Waals surface area contributed by atoms with Crippen molar-refractivity contribution in [2.24, 2.45) is 0 Å². The second-order valence-electron chi connectivity index (χ2n) is 5.34. The van der Waals surface area contributed by atoms with Crippen molar-refractivity contribution in [1.82, 2.24) is 19.7 Å². The van der Waals surface area contributed by atoms with E-state index in [1.165, 1.54) is 6.20 Å². The van der Waals surface area contributed by atoms with Crippen LogP contribution in [0.5, 0.6) is 0 Å². The van der Waals surface area contributed by atoms with Crippen molar-refractivity contribution in [3.63, 3.8) is 0 Å². The van der Waals surface area contributed by atoms with Crippen molar-refractivity contribution in [2.45, 2.75) is 13.8 Å². The number of aromatic nitrogens is 1. The van der Waals surface area contributed by atoms with Crippen LogP contribution in [0.1, 0.15) is 34.7 Å². The molecule has 1 saturated heterocycles. The Morgan fingerprint density at radius 2 is 1.87 bits per heavy atom. The lowest BCUT2D eigenvalue weighted by atomic mass is 10.1. The molecule has 1 aromatic heterocycles. The van der Waals surface area contributed by atoms with Gasteiger partial charge in [0.2, 0.25) is 6.41 Å². The summed E-state index contributed by atoms with van der Waals surface area (Å²) < 4.78 is 0. The number of hydrogen-bond acceptors (Lipinski definition) is 4. The molecule has 2 heterocycles. The standard InChI is InChI=1S/C16H22N4O3/c1-3-19(4-2)15(22)13-5-6-17-14(11-13)16(23)20-9-7-18(12-21)8-10-20/h5-6,11-12H,3-4,7-10H2,1-2H3. The average Bonchev–Trinajstić information content (AvgIpc) is 2.62. The van der Waals surface area contributed by atoms with Crippen LogP contribution in [0.4, 0.5) is 0 Å². The average molecular weight is 318 g/mol. The summed E-state index contributed by atoms with van der Waals surface area (Å²) in [6.07, 6.45) is 2.29. The van der Waals surface area contributed by atoms with Crippen molar-refractivity contribution in [1.29, 1.82) is 0 Å². The molecule has 0 radical (unpaired) electrons. The lowest BCUT2D eigenvalue weighted by Crippen LogP contribution is -2.48. The highest BCUT2D eigenvalue weighted by Gasteiger charge is 2.23. The highest BCUT2D eigenvalue weighted by atomic mass is 16.2. The maximum atomic E-state index is 12.5. The Kier molecular flexibility index (Phi) is 5.67. The molecule has 2 rings (SSSR count). The number of piperazine rings is 1. The molecule has 7 heteroatoms. The summed E-state index contributed by atoms with van der Waals surface area (Å²) in [5.74, 6) is -0.304. The molecule has 0 aliphatic carbocycles. The van der Waals surface area contributed by atoms with Gasteiger partial charge < -0.3 is 14.7 Å². The van der Waals surface area contributed by atoms with Gasteiger partial charge in [0.05, 0.1) is 0 Å². The molecule has 0 bridgehead atoms. The molecule has 0 N–H and O–H groups in total. The fourth-order valence-corrected chi connectivity index (χ4v) is 2.57. The predicted octanol–water partition coefficient (Wildman–Crippen LogP) is 0.478. The van der Waals surface area contributed by atoms with Gasteiger partial charge in [-0.2, -0.15) is 0 Å². The van der Waals surface area contributed by atoms with Gasteiger partial charge in [-0.3, -0.25) is 19.4 Å². The van der Waals surface area contributed by atoms with E-state index >= 15 is 0 Å². The van der Waals surface area contributed by atoms with Crippen LogP contribution in [-0.2, 0) is 4.79 Å². The van der Waals surface area contributed by atoms with Gasteiger partial charge in [0.25, 0.3) is 11.8 Å². The molecule has 1 aromatic rings. The SMILES string of the molecule is CCN(CC)C(=O)c1ccnc(C(=O)N2CCN(C=O)CC2)c1. The summed E-state index contributed by atoms with van der Waals surface area (Å²) in [5, 5.41) is 0. The van der Waals surface area contributed by atoms with E-state index in [1.54, 1.807) is 26.8 Å². The number of pyridine rings is 1. The van der Waals surface area contributed by atoms with Crippen LogP contribution in [0.2, 0.25) is 0 Å². The molecule has 23 heavy (non-hydrogen) atoms. The highest BCUT2D eigenvalue weighted by molar-refractivity contribution is 5.98. The van der Waals surface area contributed by atoms with Gasteiger partial charge in [-0.25, -0.2) is 0 Å². The lowest BCUT2D eigenvalue weighted by Gasteiger charge is -2.32. The fraction of sp³-hybridized carbons (Fsp3) is 0.500. The highest BCUT2D eigenvalue weighted by Crippen LogP contribution is 2.10. The fourth-order valence-electron chi connectivity index (χ4n) is 2.57. The smallest absolute Gasteiger partial charge is 0.272 e. The van der Waals surface area contributed by atoms with Crippen molar-refractivity contribution in [2.75, 3.05) is 39.3 Å². The van der Waals surface area contributed by atoms with Gasteiger partial charge in [0, 0.05) is 51.0 Å². The Balaban J connectivity index is 2.11. The zero-order chi connectivity index (χ0) is 16.8. The van der Waals surface area contributed by atoms with Gasteiger partial charge in [-0.15, -0.1) is 0 Å². The monoisotopic (exact) mass is 318 g/mol. The molecule has 124 valence electrons. The molecular weight excluding hydrogens is 296 g/mol. The minimum Gasteiger partial charge on any atom is -0.342 e. The van der Waals surface area contributed by atoms with Crippen LogP contribution < -0.4 is 0 Å². The maximum Gasteiger partial charge on any atom is 0.272 e. The number of carbonyl (C=O) groups is 3. The van der Waals surface area contributed by atoms with Gasteiger partial charge in [-0.05, 0) is 26.0 Å². The molecule has 7 nitrogen and oxygen atoms in total. The summed E-state index contributed by atoms with van der Waals surface area (Å²) >= 11 is 0. The topological polar surface area (TPSA) is 73.8 Å². The largest absolute Gasteiger partial charge is 0.342 e. The second kappa shape index (κ2) is 7.71. The van der Waals surface area contributed by atoms with Crippen molar-refractivity contribution >= 4 is 18.2 Å². The van der Waals surface area contributed by atoms with E-state index in [-0.39, 0.29) is 17.5 Å². The molecule has 1 aliphatic rings. The van der Waals surface area contributed by atoms with E-state index in [9.17, 15) is 14.4 Å². The van der Waals surface area contributed by atoms with E-state index in [2.05, 4.69) is 4.98 Å². The molecule has 1 fully saturated rings. The van der Waals surface area contributed by atoms with Gasteiger partial charge in [0.1, 0.15) is 5.69 Å². The molecule has 0 atom stereocenters. The number of amides is 3. The van der Waals surface area contributed by atoms with E-state index in [4.69, 9.17) is 0 Å². The van der Waals surface area contributed by atoms with Crippen molar-refractivity contribution in [3.05, 3.63) is 29.6 Å². The number of nitrogens with zero attached hydrogens (tertiary/aromatic N) is 4. The summed E-state index contributed by atoms with van der Waals surface area (Å²) in [7, 11) is 0. The van der Waals surface area contributed by atoms with Crippen LogP contribution in [0.25, 0.3) is 0 Å². The van der Waals surface area contributed by atoms with Crippen LogP contribution in [0.3, 0.4) is 0 Å². The first-order chi connectivity index (χ1) is 11.1. The van der Waals surface area contributed by atoms with E-state index < -0.39 is 0 Å². The third kappa shape index (κ3) is 3.85. The third-order valence-electron chi connectivity index (χ3n) is 4.03. The first-order valence-electron chi connectivity index (χ1n) is 7.84. The summed E-state index contributed by atoms with van der Waals surface area (Å²) in [6, 6.07) is 3.18. The minimum atomic E-state index is -0.204. The first-order valence-corrected chi connectivity index (χ1v) is 7.84. The van der Waals surface area contributed by atoms with Gasteiger partial charge >= 0.3 is 0 Å². The molecule has 0 unspecified atom stereocenters. The molecule has 1 aliphatic heterocycles. The van der Waals surface area contributed by atoms with E-state index in [0.29, 0.717) is 44.8 Å². The van der Waals surface area contributed by atoms with Crippen LogP contribution >= 0.6 is 0 Å². The summed E-state index contributed by atoms with van der Waals surface area (Å²) in [4.78, 5) is 44.7. The molecule has 3 amide bonds. The number of carbonyl (C=O) groups excluding carboxylic acids is 3. The van der Waals surface area contributed by atoms with E-state index in [1.807, 2.05) is 13.8 Å². The lowest BCUT2D eigenvalue weighted by molar-refractivity contribution is -0.119.